The van der Waals surface area contributed by atoms with Crippen LogP contribution in [0.2, 0.25) is 0 Å². The van der Waals surface area contributed by atoms with E-state index in [9.17, 15) is 19.5 Å². The largest absolute Gasteiger partial charge is 0.396 e. The minimum Gasteiger partial charge on any atom is -0.396 e. The third-order valence-electron chi connectivity index (χ3n) is 6.70. The molecule has 9 heteroatoms. The smallest absolute Gasteiger partial charge is 0.250 e. The molecule has 3 rings (SSSR count). The molecule has 1 aliphatic heterocycles. The van der Waals surface area contributed by atoms with Gasteiger partial charge in [-0.1, -0.05) is 20.3 Å². The molecule has 2 aliphatic rings. The zero-order chi connectivity index (χ0) is 24.2. The molecule has 1 aromatic heterocycles. The number of pyridine rings is 1. The SMILES string of the molecule is CC(=O)C(=[NH2+])c1cccnc1NCC(=O)N1C[C@@H](CO)C[C@H]1C(=O)NC1CCCC(C)(C)C1. The number of anilines is 1. The molecule has 9 nitrogen and oxygen atoms in total. The number of aromatic nitrogens is 1. The molecule has 180 valence electrons. The summed E-state index contributed by atoms with van der Waals surface area (Å²) in [7, 11) is 0. The van der Waals surface area contributed by atoms with Crippen LogP contribution < -0.4 is 16.0 Å². The number of carbonyl (C=O) groups excluding carboxylic acids is 3. The summed E-state index contributed by atoms with van der Waals surface area (Å²) in [4.78, 5) is 43.6. The summed E-state index contributed by atoms with van der Waals surface area (Å²) >= 11 is 0. The second kappa shape index (κ2) is 10.4. The molecule has 1 aromatic rings. The number of ketones is 1. The molecule has 1 saturated heterocycles. The molecule has 2 amide bonds. The number of Topliss-reactive ketones (excluding diaryl/α,β-unsaturated/α-hetero) is 1. The lowest BCUT2D eigenvalue weighted by atomic mass is 9.75. The van der Waals surface area contributed by atoms with Gasteiger partial charge in [-0.15, -0.1) is 0 Å². The number of nitrogens with one attached hydrogen (secondary N) is 2. The summed E-state index contributed by atoms with van der Waals surface area (Å²) in [5, 5.41) is 21.7. The van der Waals surface area contributed by atoms with Crippen LogP contribution >= 0.6 is 0 Å². The van der Waals surface area contributed by atoms with Crippen molar-refractivity contribution in [2.24, 2.45) is 11.3 Å². The van der Waals surface area contributed by atoms with Crippen LogP contribution in [0.5, 0.6) is 0 Å². The minimum absolute atomic E-state index is 0.0622. The van der Waals surface area contributed by atoms with Crippen LogP contribution in [0.1, 0.15) is 58.4 Å². The van der Waals surface area contributed by atoms with Gasteiger partial charge in [-0.2, -0.15) is 0 Å². The Hall–Kier alpha value is -2.81. The first-order valence-corrected chi connectivity index (χ1v) is 11.6. The van der Waals surface area contributed by atoms with Gasteiger partial charge in [0, 0.05) is 38.2 Å². The van der Waals surface area contributed by atoms with Crippen LogP contribution in [0.15, 0.2) is 18.3 Å². The zero-order valence-corrected chi connectivity index (χ0v) is 19.8. The van der Waals surface area contributed by atoms with Crippen molar-refractivity contribution in [2.75, 3.05) is 25.0 Å². The number of aliphatic hydroxyl groups excluding tert-OH is 1. The van der Waals surface area contributed by atoms with Crippen LogP contribution in [0.25, 0.3) is 0 Å². The van der Waals surface area contributed by atoms with Gasteiger partial charge in [0.05, 0.1) is 12.1 Å². The van der Waals surface area contributed by atoms with E-state index in [2.05, 4.69) is 29.5 Å². The van der Waals surface area contributed by atoms with E-state index in [0.717, 1.165) is 25.7 Å². The van der Waals surface area contributed by atoms with Crippen molar-refractivity contribution >= 4 is 29.1 Å². The van der Waals surface area contributed by atoms with Gasteiger partial charge < -0.3 is 20.6 Å². The first-order valence-electron chi connectivity index (χ1n) is 11.6. The number of hydrogen-bond acceptors (Lipinski definition) is 6. The van der Waals surface area contributed by atoms with E-state index in [1.807, 2.05) is 0 Å². The zero-order valence-electron chi connectivity index (χ0n) is 19.8. The third-order valence-corrected chi connectivity index (χ3v) is 6.70. The third kappa shape index (κ3) is 6.16. The monoisotopic (exact) mass is 458 g/mol. The van der Waals surface area contributed by atoms with Crippen molar-refractivity contribution in [1.29, 1.82) is 0 Å². The molecule has 0 radical (unpaired) electrons. The van der Waals surface area contributed by atoms with Gasteiger partial charge in [-0.05, 0) is 43.2 Å². The first kappa shape index (κ1) is 24.8. The summed E-state index contributed by atoms with van der Waals surface area (Å²) in [6.45, 7) is 5.94. The van der Waals surface area contributed by atoms with E-state index in [1.165, 1.54) is 11.8 Å². The van der Waals surface area contributed by atoms with E-state index in [-0.39, 0.29) is 53.8 Å². The maximum Gasteiger partial charge on any atom is 0.250 e. The van der Waals surface area contributed by atoms with Gasteiger partial charge in [0.15, 0.2) is 0 Å². The number of hydrogen-bond donors (Lipinski definition) is 4. The average molecular weight is 459 g/mol. The standard InChI is InChI=1S/C24H35N5O4/c1-15(31)21(25)18-7-5-9-26-22(18)27-12-20(32)29-13-16(14-30)10-19(29)23(33)28-17-6-4-8-24(2,3)11-17/h5,7,9,16-17,19,25,30H,4,6,8,10-14H2,1-3H3,(H,26,27)(H,28,33)/p+1/t16-,17?,19-/m0/s1. The van der Waals surface area contributed by atoms with Crippen molar-refractivity contribution < 1.29 is 24.9 Å². The van der Waals surface area contributed by atoms with Gasteiger partial charge in [0.25, 0.3) is 5.71 Å². The van der Waals surface area contributed by atoms with Crippen LogP contribution in [0.3, 0.4) is 0 Å². The normalized spacial score (nSPS) is 24.2. The summed E-state index contributed by atoms with van der Waals surface area (Å²) in [5.74, 6) is -0.519. The number of carbonyl (C=O) groups is 3. The Morgan fingerprint density at radius 3 is 2.76 bits per heavy atom. The lowest BCUT2D eigenvalue weighted by Gasteiger charge is -2.36. The minimum atomic E-state index is -0.612. The van der Waals surface area contributed by atoms with E-state index in [1.54, 1.807) is 18.3 Å². The van der Waals surface area contributed by atoms with E-state index in [4.69, 9.17) is 5.41 Å². The fraction of sp³-hybridized carbons (Fsp3) is 0.625. The Kier molecular flexibility index (Phi) is 7.84. The second-order valence-corrected chi connectivity index (χ2v) is 10.0. The molecular weight excluding hydrogens is 422 g/mol. The highest BCUT2D eigenvalue weighted by Gasteiger charge is 2.40. The topological polar surface area (TPSA) is 137 Å². The Morgan fingerprint density at radius 1 is 1.33 bits per heavy atom. The van der Waals surface area contributed by atoms with Crippen LogP contribution in [-0.2, 0) is 14.4 Å². The Morgan fingerprint density at radius 2 is 2.09 bits per heavy atom. The van der Waals surface area contributed by atoms with Gasteiger partial charge in [0.1, 0.15) is 11.9 Å². The maximum absolute atomic E-state index is 13.1. The Labute approximate surface area is 194 Å². The van der Waals surface area contributed by atoms with Crippen molar-refractivity contribution in [2.45, 2.75) is 65.0 Å². The number of rotatable bonds is 8. The number of likely N-dealkylation sites (tertiary alicyclic amines) is 1. The fourth-order valence-corrected chi connectivity index (χ4v) is 4.91. The van der Waals surface area contributed by atoms with Crippen LogP contribution in [0.4, 0.5) is 5.82 Å². The predicted molar refractivity (Wildman–Crippen MR) is 124 cm³/mol. The number of aliphatic hydroxyl groups is 1. The molecule has 0 bridgehead atoms. The number of nitrogens with zero attached hydrogens (tertiary/aromatic N) is 2. The Bertz CT molecular complexity index is 916. The molecule has 1 saturated carbocycles. The fourth-order valence-electron chi connectivity index (χ4n) is 4.91. The molecule has 1 unspecified atom stereocenters. The van der Waals surface area contributed by atoms with Crippen molar-refractivity contribution in [3.05, 3.63) is 23.9 Å². The van der Waals surface area contributed by atoms with Gasteiger partial charge in [-0.3, -0.25) is 19.8 Å². The summed E-state index contributed by atoms with van der Waals surface area (Å²) < 4.78 is 0. The molecular formula is C24H36N5O4+. The van der Waals surface area contributed by atoms with Crippen molar-refractivity contribution in [3.8, 4) is 0 Å². The Balaban J connectivity index is 1.66. The molecule has 1 aliphatic carbocycles. The number of nitrogens with two attached hydrogens (primary N) is 1. The van der Waals surface area contributed by atoms with Gasteiger partial charge in [-0.25, -0.2) is 4.98 Å². The average Bonchev–Trinajstić information content (AvgIpc) is 3.21. The van der Waals surface area contributed by atoms with Gasteiger partial charge in [0.2, 0.25) is 17.6 Å². The van der Waals surface area contributed by atoms with E-state index in [0.29, 0.717) is 24.3 Å². The van der Waals surface area contributed by atoms with E-state index < -0.39 is 6.04 Å². The lowest BCUT2D eigenvalue weighted by molar-refractivity contribution is -0.137. The maximum atomic E-state index is 13.1. The molecule has 33 heavy (non-hydrogen) atoms. The van der Waals surface area contributed by atoms with Gasteiger partial charge >= 0.3 is 0 Å². The summed E-state index contributed by atoms with van der Waals surface area (Å²) in [6, 6.07) is 2.82. The predicted octanol–water partition coefficient (Wildman–Crippen LogP) is -0.0749. The molecule has 2 heterocycles. The molecule has 3 atom stereocenters. The van der Waals surface area contributed by atoms with E-state index >= 15 is 0 Å². The van der Waals surface area contributed by atoms with Crippen molar-refractivity contribution in [3.63, 3.8) is 0 Å². The highest BCUT2D eigenvalue weighted by Crippen LogP contribution is 2.35. The lowest BCUT2D eigenvalue weighted by Crippen LogP contribution is -2.51. The number of amides is 2. The highest BCUT2D eigenvalue weighted by atomic mass is 16.3. The molecule has 0 spiro atoms. The quantitative estimate of drug-likeness (QED) is 0.402. The first-order chi connectivity index (χ1) is 15.6. The van der Waals surface area contributed by atoms with Crippen LogP contribution in [-0.4, -0.2) is 70.1 Å². The summed E-state index contributed by atoms with van der Waals surface area (Å²) in [6.07, 6.45) is 6.06. The highest BCUT2D eigenvalue weighted by molar-refractivity contribution is 6.43. The summed E-state index contributed by atoms with van der Waals surface area (Å²) in [5.41, 5.74) is 0.687. The molecule has 2 fully saturated rings. The van der Waals surface area contributed by atoms with Crippen molar-refractivity contribution in [1.82, 2.24) is 15.2 Å². The molecule has 5 N–H and O–H groups in total. The molecule has 0 aromatic carbocycles. The van der Waals surface area contributed by atoms with Crippen LogP contribution in [0, 0.1) is 11.3 Å². The second-order valence-electron chi connectivity index (χ2n) is 10.0.